The molecule has 0 saturated carbocycles. The van der Waals surface area contributed by atoms with Gasteiger partial charge in [0.05, 0.1) is 11.3 Å². The van der Waals surface area contributed by atoms with Gasteiger partial charge < -0.3 is 11.1 Å². The van der Waals surface area contributed by atoms with Crippen LogP contribution >= 0.6 is 15.9 Å². The Bertz CT molecular complexity index is 671. The number of carbonyl (C=O) groups is 1. The van der Waals surface area contributed by atoms with Gasteiger partial charge in [-0.2, -0.15) is 0 Å². The lowest BCUT2D eigenvalue weighted by molar-refractivity contribution is 0.102. The van der Waals surface area contributed by atoms with Crippen molar-refractivity contribution in [1.82, 2.24) is 0 Å². The third-order valence-electron chi connectivity index (χ3n) is 2.45. The molecule has 20 heavy (non-hydrogen) atoms. The predicted octanol–water partition coefficient (Wildman–Crippen LogP) is 3.70. The van der Waals surface area contributed by atoms with Crippen molar-refractivity contribution in [2.24, 2.45) is 0 Å². The van der Waals surface area contributed by atoms with Crippen LogP contribution in [0.5, 0.6) is 0 Å². The predicted molar refractivity (Wildman–Crippen MR) is 72.8 cm³/mol. The quantitative estimate of drug-likeness (QED) is 0.816. The Morgan fingerprint density at radius 2 is 1.65 bits per heavy atom. The van der Waals surface area contributed by atoms with E-state index < -0.39 is 23.4 Å². The number of rotatable bonds is 2. The van der Waals surface area contributed by atoms with Gasteiger partial charge in [-0.15, -0.1) is 0 Å². The standard InChI is InChI=1S/C13H8BrF3N2O/c14-10-5-11(17)12(18)4-9(10)13(20)19-8-2-6(15)1-7(16)3-8/h1-5H,18H2,(H,19,20). The number of halogens is 4. The minimum Gasteiger partial charge on any atom is -0.396 e. The maximum atomic E-state index is 13.2. The van der Waals surface area contributed by atoms with E-state index in [1.54, 1.807) is 0 Å². The highest BCUT2D eigenvalue weighted by atomic mass is 79.9. The van der Waals surface area contributed by atoms with Crippen molar-refractivity contribution < 1.29 is 18.0 Å². The van der Waals surface area contributed by atoms with Crippen molar-refractivity contribution in [3.8, 4) is 0 Å². The van der Waals surface area contributed by atoms with Crippen molar-refractivity contribution in [2.75, 3.05) is 11.1 Å². The summed E-state index contributed by atoms with van der Waals surface area (Å²) in [5.41, 5.74) is 5.16. The van der Waals surface area contributed by atoms with Gasteiger partial charge in [-0.3, -0.25) is 4.79 Å². The number of nitrogens with two attached hydrogens (primary N) is 1. The molecule has 104 valence electrons. The molecule has 0 aromatic heterocycles. The molecule has 0 unspecified atom stereocenters. The van der Waals surface area contributed by atoms with Crippen LogP contribution in [0.25, 0.3) is 0 Å². The molecule has 0 fully saturated rings. The second kappa shape index (κ2) is 5.54. The number of amides is 1. The molecule has 7 heteroatoms. The SMILES string of the molecule is Nc1cc(C(=O)Nc2cc(F)cc(F)c2)c(Br)cc1F. The van der Waals surface area contributed by atoms with Crippen molar-refractivity contribution >= 4 is 33.2 Å². The molecular formula is C13H8BrF3N2O. The second-order valence-corrected chi connectivity index (χ2v) is 4.82. The van der Waals surface area contributed by atoms with Crippen molar-refractivity contribution in [3.63, 3.8) is 0 Å². The molecule has 0 heterocycles. The maximum absolute atomic E-state index is 13.2. The zero-order valence-electron chi connectivity index (χ0n) is 9.88. The molecule has 1 amide bonds. The van der Waals surface area contributed by atoms with E-state index in [0.29, 0.717) is 6.07 Å². The lowest BCUT2D eigenvalue weighted by Crippen LogP contribution is -2.13. The van der Waals surface area contributed by atoms with Crippen LogP contribution in [0, 0.1) is 17.5 Å². The van der Waals surface area contributed by atoms with Gasteiger partial charge in [-0.1, -0.05) is 0 Å². The molecule has 0 spiro atoms. The second-order valence-electron chi connectivity index (χ2n) is 3.97. The number of benzene rings is 2. The fraction of sp³-hybridized carbons (Fsp3) is 0. The van der Waals surface area contributed by atoms with E-state index in [4.69, 9.17) is 5.73 Å². The summed E-state index contributed by atoms with van der Waals surface area (Å²) in [6.45, 7) is 0. The normalized spacial score (nSPS) is 10.4. The molecule has 2 aromatic carbocycles. The van der Waals surface area contributed by atoms with Crippen LogP contribution in [0.4, 0.5) is 24.5 Å². The summed E-state index contributed by atoms with van der Waals surface area (Å²) in [6.07, 6.45) is 0. The average Bonchev–Trinajstić information content (AvgIpc) is 2.32. The van der Waals surface area contributed by atoms with Crippen LogP contribution < -0.4 is 11.1 Å². The fourth-order valence-corrected chi connectivity index (χ4v) is 2.06. The minimum atomic E-state index is -0.821. The van der Waals surface area contributed by atoms with Crippen molar-refractivity contribution in [1.29, 1.82) is 0 Å². The Hall–Kier alpha value is -2.02. The number of anilines is 2. The van der Waals surface area contributed by atoms with E-state index in [1.165, 1.54) is 0 Å². The molecule has 0 radical (unpaired) electrons. The highest BCUT2D eigenvalue weighted by molar-refractivity contribution is 9.10. The van der Waals surface area contributed by atoms with Crippen LogP contribution in [0.1, 0.15) is 10.4 Å². The van der Waals surface area contributed by atoms with Crippen LogP contribution in [-0.4, -0.2) is 5.91 Å². The molecule has 2 aromatic rings. The number of nitrogen functional groups attached to an aromatic ring is 1. The summed E-state index contributed by atoms with van der Waals surface area (Å²) in [5, 5.41) is 2.30. The largest absolute Gasteiger partial charge is 0.396 e. The van der Waals surface area contributed by atoms with Gasteiger partial charge in [-0.05, 0) is 40.2 Å². The van der Waals surface area contributed by atoms with E-state index in [9.17, 15) is 18.0 Å². The Labute approximate surface area is 120 Å². The Balaban J connectivity index is 2.30. The molecule has 2 rings (SSSR count). The molecule has 0 saturated heterocycles. The van der Waals surface area contributed by atoms with Crippen LogP contribution in [-0.2, 0) is 0 Å². The fourth-order valence-electron chi connectivity index (χ4n) is 1.56. The van der Waals surface area contributed by atoms with Crippen molar-refractivity contribution in [2.45, 2.75) is 0 Å². The Morgan fingerprint density at radius 1 is 1.05 bits per heavy atom. The monoisotopic (exact) mass is 344 g/mol. The molecule has 0 bridgehead atoms. The lowest BCUT2D eigenvalue weighted by Gasteiger charge is -2.08. The zero-order chi connectivity index (χ0) is 14.9. The van der Waals surface area contributed by atoms with Crippen LogP contribution in [0.15, 0.2) is 34.8 Å². The zero-order valence-corrected chi connectivity index (χ0v) is 11.5. The molecular weight excluding hydrogens is 337 g/mol. The van der Waals surface area contributed by atoms with E-state index in [2.05, 4.69) is 21.2 Å². The number of hydrogen-bond donors (Lipinski definition) is 2. The molecule has 0 aliphatic rings. The maximum Gasteiger partial charge on any atom is 0.256 e. The lowest BCUT2D eigenvalue weighted by atomic mass is 10.1. The summed E-state index contributed by atoms with van der Waals surface area (Å²) in [5.74, 6) is -2.99. The molecule has 3 N–H and O–H groups in total. The van der Waals surface area contributed by atoms with E-state index in [-0.39, 0.29) is 21.4 Å². The van der Waals surface area contributed by atoms with Gasteiger partial charge in [0.2, 0.25) is 0 Å². The smallest absolute Gasteiger partial charge is 0.256 e. The third-order valence-corrected chi connectivity index (χ3v) is 3.11. The minimum absolute atomic E-state index is 0.0496. The van der Waals surface area contributed by atoms with Gasteiger partial charge in [0.15, 0.2) is 0 Å². The average molecular weight is 345 g/mol. The summed E-state index contributed by atoms with van der Waals surface area (Å²) in [7, 11) is 0. The summed E-state index contributed by atoms with van der Waals surface area (Å²) >= 11 is 3.02. The summed E-state index contributed by atoms with van der Waals surface area (Å²) < 4.78 is 39.4. The topological polar surface area (TPSA) is 55.1 Å². The Morgan fingerprint density at radius 3 is 2.25 bits per heavy atom. The van der Waals surface area contributed by atoms with Gasteiger partial charge in [-0.25, -0.2) is 13.2 Å². The van der Waals surface area contributed by atoms with Gasteiger partial charge in [0.25, 0.3) is 5.91 Å². The number of carbonyl (C=O) groups excluding carboxylic acids is 1. The number of hydrogen-bond acceptors (Lipinski definition) is 2. The summed E-state index contributed by atoms with van der Waals surface area (Å²) in [4.78, 5) is 12.0. The molecule has 0 aliphatic carbocycles. The van der Waals surface area contributed by atoms with E-state index >= 15 is 0 Å². The highest BCUT2D eigenvalue weighted by Gasteiger charge is 2.14. The third kappa shape index (κ3) is 3.11. The molecule has 0 atom stereocenters. The first-order chi connectivity index (χ1) is 9.36. The van der Waals surface area contributed by atoms with Crippen molar-refractivity contribution in [3.05, 3.63) is 57.8 Å². The first-order valence-electron chi connectivity index (χ1n) is 5.39. The molecule has 0 aliphatic heterocycles. The van der Waals surface area contributed by atoms with E-state index in [1.807, 2.05) is 0 Å². The van der Waals surface area contributed by atoms with Gasteiger partial charge >= 0.3 is 0 Å². The molecule has 3 nitrogen and oxygen atoms in total. The highest BCUT2D eigenvalue weighted by Crippen LogP contribution is 2.24. The first kappa shape index (κ1) is 14.4. The first-order valence-corrected chi connectivity index (χ1v) is 6.18. The van der Waals surface area contributed by atoms with Gasteiger partial charge in [0, 0.05) is 16.2 Å². The Kier molecular flexibility index (Phi) is 3.99. The van der Waals surface area contributed by atoms with Crippen LogP contribution in [0.3, 0.4) is 0 Å². The van der Waals surface area contributed by atoms with Gasteiger partial charge in [0.1, 0.15) is 17.5 Å². The number of nitrogens with one attached hydrogen (secondary N) is 1. The summed E-state index contributed by atoms with van der Waals surface area (Å²) in [6, 6.07) is 4.77. The van der Waals surface area contributed by atoms with Crippen LogP contribution in [0.2, 0.25) is 0 Å². The van der Waals surface area contributed by atoms with E-state index in [0.717, 1.165) is 24.3 Å².